The standard InChI is InChI=1S/C19H29N3O3.ClH/c1-14-3-5-15(6-4-14)13-21-19(24)16-7-9-22(10-8-16)18(23)11-17(12-20)25-2;/h3-6,16-17H,7-13,20H2,1-2H3,(H,21,24);1H. The molecule has 6 nitrogen and oxygen atoms in total. The molecule has 2 rings (SSSR count). The van der Waals surface area contributed by atoms with Gasteiger partial charge in [-0.2, -0.15) is 0 Å². The van der Waals surface area contributed by atoms with Crippen molar-refractivity contribution in [1.29, 1.82) is 0 Å². The minimum Gasteiger partial charge on any atom is -0.380 e. The van der Waals surface area contributed by atoms with E-state index < -0.39 is 0 Å². The van der Waals surface area contributed by atoms with Crippen molar-refractivity contribution in [3.05, 3.63) is 35.4 Å². The average Bonchev–Trinajstić information content (AvgIpc) is 2.65. The van der Waals surface area contributed by atoms with E-state index in [4.69, 9.17) is 10.5 Å². The molecular weight excluding hydrogens is 354 g/mol. The molecule has 146 valence electrons. The minimum absolute atomic E-state index is 0. The summed E-state index contributed by atoms with van der Waals surface area (Å²) < 4.78 is 5.17. The molecule has 0 aromatic heterocycles. The molecule has 1 aliphatic heterocycles. The molecule has 0 bridgehead atoms. The Morgan fingerprint density at radius 3 is 2.42 bits per heavy atom. The molecule has 3 N–H and O–H groups in total. The van der Waals surface area contributed by atoms with Gasteiger partial charge < -0.3 is 20.7 Å². The number of likely N-dealkylation sites (tertiary alicyclic amines) is 1. The van der Waals surface area contributed by atoms with E-state index in [9.17, 15) is 9.59 Å². The molecule has 0 aliphatic carbocycles. The van der Waals surface area contributed by atoms with E-state index in [2.05, 4.69) is 5.32 Å². The molecule has 1 aromatic rings. The number of carbonyl (C=O) groups is 2. The summed E-state index contributed by atoms with van der Waals surface area (Å²) >= 11 is 0. The fraction of sp³-hybridized carbons (Fsp3) is 0.579. The summed E-state index contributed by atoms with van der Waals surface area (Å²) in [5, 5.41) is 3.00. The van der Waals surface area contributed by atoms with E-state index in [-0.39, 0.29) is 36.2 Å². The summed E-state index contributed by atoms with van der Waals surface area (Å²) in [6, 6.07) is 8.14. The van der Waals surface area contributed by atoms with E-state index >= 15 is 0 Å². The molecule has 1 saturated heterocycles. The lowest BCUT2D eigenvalue weighted by Crippen LogP contribution is -2.44. The van der Waals surface area contributed by atoms with Gasteiger partial charge in [0.2, 0.25) is 11.8 Å². The number of amides is 2. The number of rotatable bonds is 7. The monoisotopic (exact) mass is 383 g/mol. The first-order valence-corrected chi connectivity index (χ1v) is 8.87. The van der Waals surface area contributed by atoms with Crippen LogP contribution in [0.3, 0.4) is 0 Å². The second-order valence-electron chi connectivity index (χ2n) is 6.66. The van der Waals surface area contributed by atoms with Gasteiger partial charge in [0.25, 0.3) is 0 Å². The number of nitrogens with zero attached hydrogens (tertiary/aromatic N) is 1. The number of halogens is 1. The van der Waals surface area contributed by atoms with Gasteiger partial charge in [-0.3, -0.25) is 9.59 Å². The van der Waals surface area contributed by atoms with Crippen molar-refractivity contribution in [2.24, 2.45) is 11.7 Å². The Labute approximate surface area is 161 Å². The highest BCUT2D eigenvalue weighted by atomic mass is 35.5. The number of aryl methyl sites for hydroxylation is 1. The van der Waals surface area contributed by atoms with Crippen LogP contribution >= 0.6 is 12.4 Å². The van der Waals surface area contributed by atoms with Crippen molar-refractivity contribution in [3.8, 4) is 0 Å². The molecule has 2 amide bonds. The van der Waals surface area contributed by atoms with Gasteiger partial charge in [-0.25, -0.2) is 0 Å². The number of benzene rings is 1. The number of nitrogens with two attached hydrogens (primary N) is 1. The van der Waals surface area contributed by atoms with E-state index in [0.717, 1.165) is 5.56 Å². The Kier molecular flexibility index (Phi) is 9.62. The van der Waals surface area contributed by atoms with E-state index in [0.29, 0.717) is 45.4 Å². The van der Waals surface area contributed by atoms with E-state index in [1.165, 1.54) is 5.56 Å². The van der Waals surface area contributed by atoms with E-state index in [1.807, 2.05) is 36.1 Å². The maximum absolute atomic E-state index is 12.3. The third kappa shape index (κ3) is 6.59. The van der Waals surface area contributed by atoms with Crippen LogP contribution in [0.1, 0.15) is 30.4 Å². The van der Waals surface area contributed by atoms with Gasteiger partial charge in [-0.15, -0.1) is 12.4 Å². The lowest BCUT2D eigenvalue weighted by molar-refractivity contribution is -0.137. The van der Waals surface area contributed by atoms with Crippen molar-refractivity contribution in [2.45, 2.75) is 38.8 Å². The molecule has 0 spiro atoms. The molecule has 1 heterocycles. The van der Waals surface area contributed by atoms with Crippen molar-refractivity contribution in [3.63, 3.8) is 0 Å². The molecule has 1 atom stereocenters. The fourth-order valence-electron chi connectivity index (χ4n) is 3.02. The number of piperidine rings is 1. The first-order chi connectivity index (χ1) is 12.0. The Hall–Kier alpha value is -1.63. The van der Waals surface area contributed by atoms with Gasteiger partial charge in [0.1, 0.15) is 0 Å². The second-order valence-corrected chi connectivity index (χ2v) is 6.66. The zero-order chi connectivity index (χ0) is 18.2. The van der Waals surface area contributed by atoms with Gasteiger partial charge in [0.05, 0.1) is 12.5 Å². The number of hydrogen-bond donors (Lipinski definition) is 2. The number of methoxy groups -OCH3 is 1. The number of carbonyl (C=O) groups excluding carboxylic acids is 2. The summed E-state index contributed by atoms with van der Waals surface area (Å²) in [6.45, 7) is 4.15. The molecule has 1 fully saturated rings. The van der Waals surface area contributed by atoms with Gasteiger partial charge in [-0.05, 0) is 25.3 Å². The summed E-state index contributed by atoms with van der Waals surface area (Å²) in [6.07, 6.45) is 1.47. The lowest BCUT2D eigenvalue weighted by atomic mass is 9.95. The van der Waals surface area contributed by atoms with Gasteiger partial charge >= 0.3 is 0 Å². The van der Waals surface area contributed by atoms with Crippen LogP contribution < -0.4 is 11.1 Å². The Balaban J connectivity index is 0.00000338. The summed E-state index contributed by atoms with van der Waals surface area (Å²) in [5.74, 6) is 0.0995. The Morgan fingerprint density at radius 1 is 1.27 bits per heavy atom. The first kappa shape index (κ1) is 22.4. The molecule has 1 unspecified atom stereocenters. The third-order valence-electron chi connectivity index (χ3n) is 4.80. The van der Waals surface area contributed by atoms with Crippen LogP contribution in [-0.4, -0.2) is 49.6 Å². The SMILES string of the molecule is COC(CN)CC(=O)N1CCC(C(=O)NCc2ccc(C)cc2)CC1.Cl. The summed E-state index contributed by atoms with van der Waals surface area (Å²) in [4.78, 5) is 26.4. The molecule has 0 saturated carbocycles. The molecular formula is C19H30ClN3O3. The zero-order valence-corrected chi connectivity index (χ0v) is 16.4. The topological polar surface area (TPSA) is 84.7 Å². The normalized spacial score (nSPS) is 15.9. The van der Waals surface area contributed by atoms with Crippen molar-refractivity contribution in [2.75, 3.05) is 26.7 Å². The largest absolute Gasteiger partial charge is 0.380 e. The van der Waals surface area contributed by atoms with Crippen LogP contribution in [0.25, 0.3) is 0 Å². The highest BCUT2D eigenvalue weighted by Gasteiger charge is 2.28. The highest BCUT2D eigenvalue weighted by Crippen LogP contribution is 2.19. The maximum Gasteiger partial charge on any atom is 0.225 e. The Bertz CT molecular complexity index is 568. The molecule has 1 aromatic carbocycles. The predicted octanol–water partition coefficient (Wildman–Crippen LogP) is 1.64. The van der Waals surface area contributed by atoms with Crippen molar-refractivity contribution >= 4 is 24.2 Å². The van der Waals surface area contributed by atoms with Crippen LogP contribution in [0.5, 0.6) is 0 Å². The molecule has 1 aliphatic rings. The first-order valence-electron chi connectivity index (χ1n) is 8.87. The summed E-state index contributed by atoms with van der Waals surface area (Å²) in [5.41, 5.74) is 7.87. The third-order valence-corrected chi connectivity index (χ3v) is 4.80. The van der Waals surface area contributed by atoms with Crippen molar-refractivity contribution < 1.29 is 14.3 Å². The molecule has 7 heteroatoms. The van der Waals surface area contributed by atoms with Crippen LogP contribution in [0.2, 0.25) is 0 Å². The smallest absolute Gasteiger partial charge is 0.225 e. The van der Waals surface area contributed by atoms with Crippen LogP contribution in [-0.2, 0) is 20.9 Å². The average molecular weight is 384 g/mol. The zero-order valence-electron chi connectivity index (χ0n) is 15.6. The Morgan fingerprint density at radius 2 is 1.88 bits per heavy atom. The predicted molar refractivity (Wildman–Crippen MR) is 104 cm³/mol. The number of nitrogens with one attached hydrogen (secondary N) is 1. The fourth-order valence-corrected chi connectivity index (χ4v) is 3.02. The minimum atomic E-state index is -0.233. The van der Waals surface area contributed by atoms with Gasteiger partial charge in [-0.1, -0.05) is 29.8 Å². The van der Waals surface area contributed by atoms with E-state index in [1.54, 1.807) is 7.11 Å². The molecule has 0 radical (unpaired) electrons. The van der Waals surface area contributed by atoms with Gasteiger partial charge in [0, 0.05) is 39.2 Å². The summed E-state index contributed by atoms with van der Waals surface area (Å²) in [7, 11) is 1.56. The highest BCUT2D eigenvalue weighted by molar-refractivity contribution is 5.85. The number of ether oxygens (including phenoxy) is 1. The van der Waals surface area contributed by atoms with Crippen LogP contribution in [0.15, 0.2) is 24.3 Å². The quantitative estimate of drug-likeness (QED) is 0.749. The van der Waals surface area contributed by atoms with Gasteiger partial charge in [0.15, 0.2) is 0 Å². The van der Waals surface area contributed by atoms with Crippen LogP contribution in [0.4, 0.5) is 0 Å². The lowest BCUT2D eigenvalue weighted by Gasteiger charge is -2.32. The van der Waals surface area contributed by atoms with Crippen LogP contribution in [0, 0.1) is 12.8 Å². The second kappa shape index (κ2) is 11.2. The number of hydrogen-bond acceptors (Lipinski definition) is 4. The molecule has 26 heavy (non-hydrogen) atoms. The maximum atomic E-state index is 12.3. The van der Waals surface area contributed by atoms with Crippen molar-refractivity contribution in [1.82, 2.24) is 10.2 Å².